The van der Waals surface area contributed by atoms with Gasteiger partial charge in [0.2, 0.25) is 0 Å². The third kappa shape index (κ3) is 35.8. The van der Waals surface area contributed by atoms with Crippen molar-refractivity contribution in [2.24, 2.45) is 0 Å². The molecule has 0 saturated heterocycles. The first-order valence-corrected chi connectivity index (χ1v) is 18.2. The number of hydrogen-bond donors (Lipinski definition) is 0. The molecule has 0 N–H and O–H groups in total. The Bertz CT molecular complexity index is 466. The molecule has 0 bridgehead atoms. The lowest BCUT2D eigenvalue weighted by Crippen LogP contribution is -3.00. The van der Waals surface area contributed by atoms with E-state index in [1.807, 2.05) is 0 Å². The van der Waals surface area contributed by atoms with Gasteiger partial charge in [0.05, 0.1) is 27.2 Å². The highest BCUT2D eigenvalue weighted by molar-refractivity contribution is 4.82. The molecule has 0 saturated carbocycles. The van der Waals surface area contributed by atoms with Gasteiger partial charge in [-0.05, 0) is 77.0 Å². The topological polar surface area (TPSA) is 0 Å². The Morgan fingerprint density at radius 3 is 0.825 bits per heavy atom. The van der Waals surface area contributed by atoms with Crippen LogP contribution >= 0.6 is 0 Å². The minimum Gasteiger partial charge on any atom is -1.00 e. The molecule has 0 unspecified atom stereocenters. The van der Waals surface area contributed by atoms with Gasteiger partial charge in [0.1, 0.15) is 0 Å². The number of rotatable bonds is 32. The highest BCUT2D eigenvalue weighted by atomic mass is 35.5. The second-order valence-corrected chi connectivity index (χ2v) is 13.3. The number of nitrogens with zero attached hydrogens (tertiary/aromatic N) is 1. The SMILES string of the molecule is CCCCCCCC/C=C\CCCCCCCC[N+](C)(C)CCCCCCCC/C=C\CCCCCCCC.[Cl-]. The van der Waals surface area contributed by atoms with E-state index >= 15 is 0 Å². The average molecular weight is 582 g/mol. The van der Waals surface area contributed by atoms with E-state index in [-0.39, 0.29) is 12.4 Å². The normalized spacial score (nSPS) is 12.1. The Morgan fingerprint density at radius 1 is 0.325 bits per heavy atom. The molecule has 0 atom stereocenters. The number of allylic oxidation sites excluding steroid dienone is 4. The molecular formula is C38H76ClN. The zero-order valence-electron chi connectivity index (χ0n) is 28.3. The van der Waals surface area contributed by atoms with Crippen LogP contribution in [0.4, 0.5) is 0 Å². The molecule has 0 fully saturated rings. The maximum Gasteiger partial charge on any atom is 0.0782 e. The Hall–Kier alpha value is -0.270. The van der Waals surface area contributed by atoms with Crippen LogP contribution in [0.1, 0.15) is 194 Å². The first-order valence-electron chi connectivity index (χ1n) is 18.2. The van der Waals surface area contributed by atoms with E-state index in [0.717, 1.165) is 0 Å². The highest BCUT2D eigenvalue weighted by Gasteiger charge is 2.13. The van der Waals surface area contributed by atoms with Crippen LogP contribution in [0.2, 0.25) is 0 Å². The van der Waals surface area contributed by atoms with Gasteiger partial charge in [-0.2, -0.15) is 0 Å². The zero-order chi connectivity index (χ0) is 28.5. The van der Waals surface area contributed by atoms with Gasteiger partial charge >= 0.3 is 0 Å². The average Bonchev–Trinajstić information content (AvgIpc) is 2.92. The summed E-state index contributed by atoms with van der Waals surface area (Å²) in [7, 11) is 4.91. The van der Waals surface area contributed by atoms with Crippen molar-refractivity contribution in [1.82, 2.24) is 0 Å². The van der Waals surface area contributed by atoms with Gasteiger partial charge in [-0.3, -0.25) is 0 Å². The van der Waals surface area contributed by atoms with E-state index in [4.69, 9.17) is 0 Å². The van der Waals surface area contributed by atoms with Crippen LogP contribution in [-0.2, 0) is 0 Å². The summed E-state index contributed by atoms with van der Waals surface area (Å²) in [5.74, 6) is 0. The number of hydrogen-bond acceptors (Lipinski definition) is 0. The van der Waals surface area contributed by atoms with Crippen molar-refractivity contribution in [2.45, 2.75) is 194 Å². The van der Waals surface area contributed by atoms with E-state index in [1.165, 1.54) is 197 Å². The molecule has 0 aliphatic carbocycles. The van der Waals surface area contributed by atoms with Crippen molar-refractivity contribution in [3.63, 3.8) is 0 Å². The van der Waals surface area contributed by atoms with E-state index in [1.54, 1.807) is 0 Å². The molecule has 0 rings (SSSR count). The van der Waals surface area contributed by atoms with Crippen LogP contribution in [-0.4, -0.2) is 31.7 Å². The summed E-state index contributed by atoms with van der Waals surface area (Å²) in [5, 5.41) is 0. The summed E-state index contributed by atoms with van der Waals surface area (Å²) in [6, 6.07) is 0. The third-order valence-electron chi connectivity index (χ3n) is 8.55. The fourth-order valence-corrected chi connectivity index (χ4v) is 5.69. The van der Waals surface area contributed by atoms with Crippen molar-refractivity contribution in [1.29, 1.82) is 0 Å². The largest absolute Gasteiger partial charge is 1.00 e. The van der Waals surface area contributed by atoms with Crippen LogP contribution in [0.3, 0.4) is 0 Å². The first kappa shape index (κ1) is 41.9. The minimum absolute atomic E-state index is 0. The maximum absolute atomic E-state index is 2.45. The quantitative estimate of drug-likeness (QED) is 0.0421. The van der Waals surface area contributed by atoms with Gasteiger partial charge in [0, 0.05) is 0 Å². The first-order chi connectivity index (χ1) is 19.1. The summed E-state index contributed by atoms with van der Waals surface area (Å²) in [6.45, 7) is 7.33. The second-order valence-electron chi connectivity index (χ2n) is 13.3. The monoisotopic (exact) mass is 582 g/mol. The molecule has 0 aromatic heterocycles. The Morgan fingerprint density at radius 2 is 0.550 bits per heavy atom. The standard InChI is InChI=1S/C38H76N.ClH/c1-5-7-9-11-13-15-17-19-21-23-25-27-29-31-33-35-37-39(3,4)38-36-34-32-30-28-26-24-22-20-18-16-14-12-10-8-6-2;/h19-22H,5-18,23-38H2,1-4H3;1H/q+1;/p-1/b21-19-,22-20-;. The Kier molecular flexibility index (Phi) is 36.6. The van der Waals surface area contributed by atoms with Crippen molar-refractivity contribution in [2.75, 3.05) is 27.2 Å². The van der Waals surface area contributed by atoms with Crippen molar-refractivity contribution >= 4 is 0 Å². The van der Waals surface area contributed by atoms with Crippen LogP contribution in [0.25, 0.3) is 0 Å². The van der Waals surface area contributed by atoms with E-state index in [9.17, 15) is 0 Å². The molecule has 0 aromatic carbocycles. The molecule has 0 amide bonds. The number of quaternary nitrogens is 1. The molecule has 1 nitrogen and oxygen atoms in total. The van der Waals surface area contributed by atoms with Crippen molar-refractivity contribution in [3.05, 3.63) is 24.3 Å². The molecule has 0 radical (unpaired) electrons. The molecule has 40 heavy (non-hydrogen) atoms. The summed E-state index contributed by atoms with van der Waals surface area (Å²) in [6.07, 6.45) is 49.0. The lowest BCUT2D eigenvalue weighted by Gasteiger charge is -2.30. The Labute approximate surface area is 261 Å². The van der Waals surface area contributed by atoms with E-state index in [0.29, 0.717) is 0 Å². The summed E-state index contributed by atoms with van der Waals surface area (Å²) < 4.78 is 1.23. The van der Waals surface area contributed by atoms with Gasteiger partial charge in [0.25, 0.3) is 0 Å². The van der Waals surface area contributed by atoms with Crippen LogP contribution in [0, 0.1) is 0 Å². The fourth-order valence-electron chi connectivity index (χ4n) is 5.69. The molecule has 0 spiro atoms. The molecular weight excluding hydrogens is 506 g/mol. The Balaban J connectivity index is 0. The molecule has 0 heterocycles. The van der Waals surface area contributed by atoms with Gasteiger partial charge in [-0.25, -0.2) is 0 Å². The molecule has 0 aliphatic heterocycles. The molecule has 240 valence electrons. The second kappa shape index (κ2) is 34.9. The van der Waals surface area contributed by atoms with Gasteiger partial charge in [-0.15, -0.1) is 0 Å². The van der Waals surface area contributed by atoms with E-state index in [2.05, 4.69) is 52.2 Å². The summed E-state index contributed by atoms with van der Waals surface area (Å²) >= 11 is 0. The van der Waals surface area contributed by atoms with Crippen LogP contribution < -0.4 is 12.4 Å². The predicted octanol–water partition coefficient (Wildman–Crippen LogP) is 10.1. The smallest absolute Gasteiger partial charge is 0.0782 e. The third-order valence-corrected chi connectivity index (χ3v) is 8.55. The number of unbranched alkanes of at least 4 members (excludes halogenated alkanes) is 24. The van der Waals surface area contributed by atoms with Crippen LogP contribution in [0.15, 0.2) is 24.3 Å². The molecule has 0 aromatic rings. The highest BCUT2D eigenvalue weighted by Crippen LogP contribution is 2.14. The van der Waals surface area contributed by atoms with Crippen molar-refractivity contribution in [3.8, 4) is 0 Å². The lowest BCUT2D eigenvalue weighted by molar-refractivity contribution is -0.890. The summed E-state index contributed by atoms with van der Waals surface area (Å²) in [5.41, 5.74) is 0. The molecule has 0 aliphatic rings. The number of halogens is 1. The lowest BCUT2D eigenvalue weighted by atomic mass is 10.1. The van der Waals surface area contributed by atoms with Gasteiger partial charge in [-0.1, -0.05) is 141 Å². The maximum atomic E-state index is 2.45. The zero-order valence-corrected chi connectivity index (χ0v) is 29.1. The van der Waals surface area contributed by atoms with E-state index < -0.39 is 0 Å². The fraction of sp³-hybridized carbons (Fsp3) is 0.895. The summed E-state index contributed by atoms with van der Waals surface area (Å²) in [4.78, 5) is 0. The van der Waals surface area contributed by atoms with Gasteiger partial charge in [0.15, 0.2) is 0 Å². The minimum atomic E-state index is 0. The predicted molar refractivity (Wildman–Crippen MR) is 181 cm³/mol. The van der Waals surface area contributed by atoms with Crippen LogP contribution in [0.5, 0.6) is 0 Å². The molecule has 2 heteroatoms. The van der Waals surface area contributed by atoms with Crippen molar-refractivity contribution < 1.29 is 16.9 Å². The van der Waals surface area contributed by atoms with Gasteiger partial charge < -0.3 is 16.9 Å².